The molecule has 3 heterocycles. The molecule has 1 aliphatic rings. The molecule has 5 rings (SSSR count). The first-order chi connectivity index (χ1) is 15.5. The lowest BCUT2D eigenvalue weighted by Crippen LogP contribution is -2.29. The minimum Gasteiger partial charge on any atom is -0.459 e. The van der Waals surface area contributed by atoms with Crippen molar-refractivity contribution < 1.29 is 4.42 Å². The molecule has 160 valence electrons. The number of nitrogens with zero attached hydrogens (tertiary/aromatic N) is 2. The first-order valence-electron chi connectivity index (χ1n) is 10.4. The van der Waals surface area contributed by atoms with E-state index in [4.69, 9.17) is 28.2 Å². The van der Waals surface area contributed by atoms with Crippen LogP contribution in [0.1, 0.15) is 34.7 Å². The summed E-state index contributed by atoms with van der Waals surface area (Å²) in [6, 6.07) is 23.8. The molecule has 1 fully saturated rings. The van der Waals surface area contributed by atoms with Crippen molar-refractivity contribution in [3.63, 3.8) is 0 Å². The molecular weight excluding hydrogens is 438 g/mol. The van der Waals surface area contributed by atoms with E-state index in [9.17, 15) is 0 Å². The average Bonchev–Trinajstić information content (AvgIpc) is 3.41. The summed E-state index contributed by atoms with van der Waals surface area (Å²) in [6.07, 6.45) is 1.80. The van der Waals surface area contributed by atoms with Gasteiger partial charge in [0.15, 0.2) is 5.11 Å². The summed E-state index contributed by atoms with van der Waals surface area (Å²) in [7, 11) is 0. The van der Waals surface area contributed by atoms with Gasteiger partial charge in [-0.05, 0) is 80.2 Å². The van der Waals surface area contributed by atoms with E-state index in [1.807, 2.05) is 48.5 Å². The van der Waals surface area contributed by atoms with Crippen LogP contribution in [0.4, 0.5) is 5.69 Å². The molecule has 0 amide bonds. The quantitative estimate of drug-likeness (QED) is 0.340. The number of benzene rings is 2. The maximum absolute atomic E-state index is 6.44. The minimum absolute atomic E-state index is 0.149. The van der Waals surface area contributed by atoms with Crippen molar-refractivity contribution >= 4 is 34.6 Å². The highest BCUT2D eigenvalue weighted by Crippen LogP contribution is 2.43. The molecule has 0 saturated carbocycles. The third-order valence-corrected chi connectivity index (χ3v) is 6.34. The zero-order chi connectivity index (χ0) is 22.2. The topological polar surface area (TPSA) is 41.3 Å². The number of thiocarbonyl (C=S) groups is 1. The van der Waals surface area contributed by atoms with Gasteiger partial charge in [-0.3, -0.25) is 4.98 Å². The molecule has 2 atom stereocenters. The largest absolute Gasteiger partial charge is 0.459 e. The first kappa shape index (κ1) is 20.7. The SMILES string of the molecule is Cc1ccc(N2C(=S)NC(c3ccccn3)C2c2ccc(-c3cc(Cl)ccc3C)o2)cc1. The standard InChI is InChI=1S/C26H22ClN3OS/c1-16-6-10-19(11-7-16)30-25(24(29-26(30)32)21-5-3-4-14-28-21)23-13-12-22(31-23)20-15-18(27)9-8-17(20)2/h3-15,24-25H,1-2H3,(H,29,32). The zero-order valence-electron chi connectivity index (χ0n) is 17.7. The average molecular weight is 460 g/mol. The fourth-order valence-corrected chi connectivity index (χ4v) is 4.66. The van der Waals surface area contributed by atoms with Gasteiger partial charge in [0, 0.05) is 22.5 Å². The molecule has 2 unspecified atom stereocenters. The minimum atomic E-state index is -0.187. The second-order valence-corrected chi connectivity index (χ2v) is 8.82. The van der Waals surface area contributed by atoms with Gasteiger partial charge in [-0.25, -0.2) is 0 Å². The zero-order valence-corrected chi connectivity index (χ0v) is 19.3. The third-order valence-electron chi connectivity index (χ3n) is 5.79. The highest BCUT2D eigenvalue weighted by molar-refractivity contribution is 7.80. The molecule has 0 spiro atoms. The van der Waals surface area contributed by atoms with Crippen LogP contribution in [-0.4, -0.2) is 10.1 Å². The Hall–Kier alpha value is -3.15. The number of halogens is 1. The van der Waals surface area contributed by atoms with Crippen molar-refractivity contribution in [2.75, 3.05) is 4.90 Å². The Balaban J connectivity index is 1.61. The van der Waals surface area contributed by atoms with Gasteiger partial charge in [0.05, 0.1) is 11.7 Å². The number of rotatable bonds is 4. The van der Waals surface area contributed by atoms with Crippen LogP contribution >= 0.6 is 23.8 Å². The van der Waals surface area contributed by atoms with Gasteiger partial charge in [-0.2, -0.15) is 0 Å². The van der Waals surface area contributed by atoms with E-state index in [0.29, 0.717) is 10.1 Å². The molecule has 4 aromatic rings. The predicted octanol–water partition coefficient (Wildman–Crippen LogP) is 6.79. The number of nitrogens with one attached hydrogen (secondary N) is 1. The fraction of sp³-hybridized carbons (Fsp3) is 0.154. The number of hydrogen-bond acceptors (Lipinski definition) is 3. The van der Waals surface area contributed by atoms with E-state index >= 15 is 0 Å². The Bertz CT molecular complexity index is 1270. The number of furan rings is 1. The van der Waals surface area contributed by atoms with Crippen LogP contribution < -0.4 is 10.2 Å². The van der Waals surface area contributed by atoms with E-state index < -0.39 is 0 Å². The Morgan fingerprint density at radius 1 is 1.00 bits per heavy atom. The highest BCUT2D eigenvalue weighted by Gasteiger charge is 2.42. The maximum Gasteiger partial charge on any atom is 0.174 e. The van der Waals surface area contributed by atoms with Crippen molar-refractivity contribution in [3.8, 4) is 11.3 Å². The van der Waals surface area contributed by atoms with Gasteiger partial charge < -0.3 is 14.6 Å². The predicted molar refractivity (Wildman–Crippen MR) is 133 cm³/mol. The molecular formula is C26H22ClN3OS. The van der Waals surface area contributed by atoms with Crippen LogP contribution in [0.5, 0.6) is 0 Å². The number of aryl methyl sites for hydroxylation is 2. The maximum atomic E-state index is 6.44. The second kappa shape index (κ2) is 8.41. The van der Waals surface area contributed by atoms with E-state index in [0.717, 1.165) is 34.0 Å². The Labute approximate surface area is 197 Å². The summed E-state index contributed by atoms with van der Waals surface area (Å²) in [6.45, 7) is 4.13. The first-order valence-corrected chi connectivity index (χ1v) is 11.2. The molecule has 0 bridgehead atoms. The summed E-state index contributed by atoms with van der Waals surface area (Å²) < 4.78 is 6.44. The van der Waals surface area contributed by atoms with Crippen LogP contribution in [0.25, 0.3) is 11.3 Å². The normalized spacial score (nSPS) is 18.1. The summed E-state index contributed by atoms with van der Waals surface area (Å²) in [5, 5.41) is 4.79. The van der Waals surface area contributed by atoms with Crippen molar-refractivity contribution in [1.29, 1.82) is 0 Å². The molecule has 1 saturated heterocycles. The molecule has 32 heavy (non-hydrogen) atoms. The van der Waals surface area contributed by atoms with Gasteiger partial charge >= 0.3 is 0 Å². The molecule has 4 nitrogen and oxygen atoms in total. The van der Waals surface area contributed by atoms with E-state index in [2.05, 4.69) is 53.3 Å². The number of aromatic nitrogens is 1. The number of pyridine rings is 1. The van der Waals surface area contributed by atoms with Crippen molar-refractivity contribution in [1.82, 2.24) is 10.3 Å². The smallest absolute Gasteiger partial charge is 0.174 e. The van der Waals surface area contributed by atoms with Crippen molar-refractivity contribution in [3.05, 3.63) is 107 Å². The molecule has 2 aromatic carbocycles. The molecule has 6 heteroatoms. The molecule has 0 radical (unpaired) electrons. The fourth-order valence-electron chi connectivity index (χ4n) is 4.14. The Morgan fingerprint density at radius 3 is 2.56 bits per heavy atom. The number of anilines is 1. The van der Waals surface area contributed by atoms with Gasteiger partial charge in [0.1, 0.15) is 17.6 Å². The van der Waals surface area contributed by atoms with E-state index in [1.165, 1.54) is 5.56 Å². The molecule has 0 aliphatic carbocycles. The van der Waals surface area contributed by atoms with Crippen LogP contribution in [-0.2, 0) is 0 Å². The van der Waals surface area contributed by atoms with Crippen LogP contribution in [0.15, 0.2) is 83.4 Å². The summed E-state index contributed by atoms with van der Waals surface area (Å²) in [4.78, 5) is 6.71. The monoisotopic (exact) mass is 459 g/mol. The summed E-state index contributed by atoms with van der Waals surface area (Å²) in [5.74, 6) is 1.59. The Kier molecular flexibility index (Phi) is 5.45. The lowest BCUT2D eigenvalue weighted by atomic mass is 10.0. The van der Waals surface area contributed by atoms with E-state index in [-0.39, 0.29) is 12.1 Å². The van der Waals surface area contributed by atoms with Crippen LogP contribution in [0.2, 0.25) is 5.02 Å². The molecule has 1 N–H and O–H groups in total. The van der Waals surface area contributed by atoms with Gasteiger partial charge in [-0.1, -0.05) is 41.4 Å². The Morgan fingerprint density at radius 2 is 1.81 bits per heavy atom. The number of hydrogen-bond donors (Lipinski definition) is 1. The molecule has 2 aromatic heterocycles. The van der Waals surface area contributed by atoms with Crippen molar-refractivity contribution in [2.45, 2.75) is 25.9 Å². The van der Waals surface area contributed by atoms with Gasteiger partial charge in [0.2, 0.25) is 0 Å². The van der Waals surface area contributed by atoms with Crippen LogP contribution in [0.3, 0.4) is 0 Å². The lowest BCUT2D eigenvalue weighted by Gasteiger charge is -2.26. The lowest BCUT2D eigenvalue weighted by molar-refractivity contribution is 0.439. The third kappa shape index (κ3) is 3.78. The highest BCUT2D eigenvalue weighted by atomic mass is 35.5. The van der Waals surface area contributed by atoms with E-state index in [1.54, 1.807) is 6.20 Å². The summed E-state index contributed by atoms with van der Waals surface area (Å²) >= 11 is 12.0. The van der Waals surface area contributed by atoms with Gasteiger partial charge in [-0.15, -0.1) is 0 Å². The van der Waals surface area contributed by atoms with Gasteiger partial charge in [0.25, 0.3) is 0 Å². The van der Waals surface area contributed by atoms with Crippen molar-refractivity contribution in [2.24, 2.45) is 0 Å². The van der Waals surface area contributed by atoms with Crippen LogP contribution in [0, 0.1) is 13.8 Å². The second-order valence-electron chi connectivity index (χ2n) is 7.99. The summed E-state index contributed by atoms with van der Waals surface area (Å²) in [5.41, 5.74) is 5.20. The molecule has 1 aliphatic heterocycles.